The fraction of sp³-hybridized carbons (Fsp3) is 0.786. The molecule has 2 unspecified atom stereocenters. The molecular weight excluding hydrogens is 232 g/mol. The third kappa shape index (κ3) is 3.48. The lowest BCUT2D eigenvalue weighted by atomic mass is 9.75. The molecule has 0 rings (SSSR count). The first-order valence-corrected chi connectivity index (χ1v) is 6.34. The molecule has 0 aromatic heterocycles. The van der Waals surface area contributed by atoms with E-state index in [1.165, 1.54) is 6.92 Å². The Labute approximate surface area is 109 Å². The number of rotatable bonds is 7. The highest BCUT2D eigenvalue weighted by atomic mass is 16.3. The highest BCUT2D eigenvalue weighted by Gasteiger charge is 2.41. The smallest absolute Gasteiger partial charge is 0.206 e. The van der Waals surface area contributed by atoms with Crippen molar-refractivity contribution in [2.45, 2.75) is 54.1 Å². The van der Waals surface area contributed by atoms with Gasteiger partial charge in [0.05, 0.1) is 11.5 Å². The molecule has 0 heterocycles. The minimum Gasteiger partial charge on any atom is -0.392 e. The van der Waals surface area contributed by atoms with Crippen LogP contribution in [0.2, 0.25) is 0 Å². The van der Waals surface area contributed by atoms with Crippen molar-refractivity contribution in [1.29, 1.82) is 0 Å². The normalized spacial score (nSPS) is 16.8. The summed E-state index contributed by atoms with van der Waals surface area (Å²) in [6.45, 7) is 9.51. The molecule has 0 fully saturated rings. The molecule has 0 aliphatic heterocycles. The molecule has 4 nitrogen and oxygen atoms in total. The van der Waals surface area contributed by atoms with E-state index in [0.29, 0.717) is 6.42 Å². The van der Waals surface area contributed by atoms with Gasteiger partial charge in [0.2, 0.25) is 11.6 Å². The third-order valence-corrected chi connectivity index (χ3v) is 3.83. The largest absolute Gasteiger partial charge is 0.392 e. The number of carbonyl (C=O) groups excluding carboxylic acids is 3. The van der Waals surface area contributed by atoms with E-state index in [4.69, 9.17) is 0 Å². The van der Waals surface area contributed by atoms with E-state index in [1.807, 2.05) is 0 Å². The van der Waals surface area contributed by atoms with Crippen LogP contribution in [0.4, 0.5) is 0 Å². The van der Waals surface area contributed by atoms with Crippen LogP contribution in [-0.4, -0.2) is 28.6 Å². The molecule has 0 aromatic rings. The second-order valence-electron chi connectivity index (χ2n) is 5.53. The van der Waals surface area contributed by atoms with Gasteiger partial charge >= 0.3 is 0 Å². The monoisotopic (exact) mass is 256 g/mol. The van der Waals surface area contributed by atoms with Gasteiger partial charge in [0.25, 0.3) is 0 Å². The maximum absolute atomic E-state index is 12.1. The summed E-state index contributed by atoms with van der Waals surface area (Å²) in [5, 5.41) is 9.79. The average Bonchev–Trinajstić information content (AvgIpc) is 2.33. The summed E-state index contributed by atoms with van der Waals surface area (Å²) in [6, 6.07) is 0. The Morgan fingerprint density at radius 1 is 1.11 bits per heavy atom. The maximum atomic E-state index is 12.1. The van der Waals surface area contributed by atoms with Crippen molar-refractivity contribution >= 4 is 17.3 Å². The zero-order valence-electron chi connectivity index (χ0n) is 12.1. The summed E-state index contributed by atoms with van der Waals surface area (Å²) >= 11 is 0. The second kappa shape index (κ2) is 6.23. The van der Waals surface area contributed by atoms with Crippen LogP contribution >= 0.6 is 0 Å². The highest BCUT2D eigenvalue weighted by molar-refractivity contribution is 6.40. The van der Waals surface area contributed by atoms with Gasteiger partial charge < -0.3 is 5.11 Å². The van der Waals surface area contributed by atoms with Crippen molar-refractivity contribution in [3.8, 4) is 0 Å². The van der Waals surface area contributed by atoms with Gasteiger partial charge in [0.1, 0.15) is 5.78 Å². The van der Waals surface area contributed by atoms with Gasteiger partial charge in [-0.2, -0.15) is 0 Å². The Kier molecular flexibility index (Phi) is 5.87. The number of aliphatic hydroxyl groups excluding tert-OH is 1. The average molecular weight is 256 g/mol. The summed E-state index contributed by atoms with van der Waals surface area (Å²) in [4.78, 5) is 35.4. The Morgan fingerprint density at radius 3 is 1.89 bits per heavy atom. The second-order valence-corrected chi connectivity index (χ2v) is 5.53. The number of hydrogen-bond donors (Lipinski definition) is 1. The van der Waals surface area contributed by atoms with Gasteiger partial charge in [0, 0.05) is 11.8 Å². The first kappa shape index (κ1) is 17.0. The molecule has 104 valence electrons. The summed E-state index contributed by atoms with van der Waals surface area (Å²) in [7, 11) is 0. The number of hydrogen-bond acceptors (Lipinski definition) is 4. The molecule has 1 N–H and O–H groups in total. The molecule has 0 amide bonds. The van der Waals surface area contributed by atoms with Gasteiger partial charge in [-0.25, -0.2) is 0 Å². The van der Waals surface area contributed by atoms with Gasteiger partial charge in [-0.15, -0.1) is 0 Å². The number of aliphatic hydroxyl groups is 1. The van der Waals surface area contributed by atoms with Crippen molar-refractivity contribution in [2.24, 2.45) is 17.3 Å². The van der Waals surface area contributed by atoms with Crippen LogP contribution in [0.5, 0.6) is 0 Å². The maximum Gasteiger partial charge on any atom is 0.206 e. The number of ketones is 3. The van der Waals surface area contributed by atoms with Gasteiger partial charge in [-0.3, -0.25) is 14.4 Å². The van der Waals surface area contributed by atoms with Gasteiger partial charge in [-0.1, -0.05) is 20.8 Å². The molecular formula is C14H24O4. The van der Waals surface area contributed by atoms with Crippen molar-refractivity contribution in [3.63, 3.8) is 0 Å². The minimum absolute atomic E-state index is 0.113. The van der Waals surface area contributed by atoms with Crippen molar-refractivity contribution in [1.82, 2.24) is 0 Å². The van der Waals surface area contributed by atoms with Crippen molar-refractivity contribution in [3.05, 3.63) is 0 Å². The molecule has 3 atom stereocenters. The topological polar surface area (TPSA) is 71.4 Å². The van der Waals surface area contributed by atoms with Crippen LogP contribution in [0.1, 0.15) is 48.0 Å². The van der Waals surface area contributed by atoms with Crippen LogP contribution in [0.15, 0.2) is 0 Å². The van der Waals surface area contributed by atoms with Crippen molar-refractivity contribution in [2.75, 3.05) is 0 Å². The quantitative estimate of drug-likeness (QED) is 0.705. The molecule has 0 bridgehead atoms. The fourth-order valence-electron chi connectivity index (χ4n) is 1.77. The molecule has 0 saturated carbocycles. The number of Topliss-reactive ketones (excluding diaryl/α,β-unsaturated/α-hetero) is 3. The van der Waals surface area contributed by atoms with E-state index in [0.717, 1.165) is 0 Å². The van der Waals surface area contributed by atoms with E-state index in [-0.39, 0.29) is 5.78 Å². The first-order valence-electron chi connectivity index (χ1n) is 6.34. The Hall–Kier alpha value is -1.03. The Bertz CT molecular complexity index is 344. The molecule has 0 aliphatic rings. The molecule has 0 spiro atoms. The predicted molar refractivity (Wildman–Crippen MR) is 69.1 cm³/mol. The molecule has 4 heteroatoms. The van der Waals surface area contributed by atoms with E-state index in [1.54, 1.807) is 34.6 Å². The van der Waals surface area contributed by atoms with Crippen LogP contribution < -0.4 is 0 Å². The van der Waals surface area contributed by atoms with E-state index in [9.17, 15) is 19.5 Å². The standard InChI is InChI=1S/C14H24O4/c1-7-11(16)14(5,6)13(18)12(17)9(3)8(2)10(4)15/h8-9,11,16H,7H2,1-6H3/t8?,9?,11-/m1/s1. The van der Waals surface area contributed by atoms with Crippen LogP contribution in [-0.2, 0) is 14.4 Å². The van der Waals surface area contributed by atoms with Crippen molar-refractivity contribution < 1.29 is 19.5 Å². The summed E-state index contributed by atoms with van der Waals surface area (Å²) in [5.41, 5.74) is -1.10. The fourth-order valence-corrected chi connectivity index (χ4v) is 1.77. The zero-order valence-corrected chi connectivity index (χ0v) is 12.1. The Balaban J connectivity index is 5.01. The first-order chi connectivity index (χ1) is 8.07. The van der Waals surface area contributed by atoms with E-state index >= 15 is 0 Å². The zero-order chi connectivity index (χ0) is 14.7. The van der Waals surface area contributed by atoms with Gasteiger partial charge in [0.15, 0.2) is 0 Å². The van der Waals surface area contributed by atoms with Crippen LogP contribution in [0.25, 0.3) is 0 Å². The molecule has 0 saturated heterocycles. The van der Waals surface area contributed by atoms with Crippen LogP contribution in [0, 0.1) is 17.3 Å². The molecule has 0 aromatic carbocycles. The molecule has 18 heavy (non-hydrogen) atoms. The summed E-state index contributed by atoms with van der Waals surface area (Å²) < 4.78 is 0. The van der Waals surface area contributed by atoms with Gasteiger partial charge in [-0.05, 0) is 27.2 Å². The Morgan fingerprint density at radius 2 is 1.56 bits per heavy atom. The highest BCUT2D eigenvalue weighted by Crippen LogP contribution is 2.27. The SMILES string of the molecule is CC[C@@H](O)C(C)(C)C(=O)C(=O)C(C)C(C)C(C)=O. The third-order valence-electron chi connectivity index (χ3n) is 3.83. The van der Waals surface area contributed by atoms with E-state index < -0.39 is 34.9 Å². The summed E-state index contributed by atoms with van der Waals surface area (Å²) in [5.74, 6) is -2.40. The lowest BCUT2D eigenvalue weighted by Crippen LogP contribution is -2.44. The lowest BCUT2D eigenvalue weighted by molar-refractivity contribution is -0.149. The lowest BCUT2D eigenvalue weighted by Gasteiger charge is -2.29. The number of carbonyl (C=O) groups is 3. The summed E-state index contributed by atoms with van der Waals surface area (Å²) in [6.07, 6.45) is -0.448. The minimum atomic E-state index is -1.10. The predicted octanol–water partition coefficient (Wildman–Crippen LogP) is 1.78. The molecule has 0 radical (unpaired) electrons. The van der Waals surface area contributed by atoms with E-state index in [2.05, 4.69) is 0 Å². The molecule has 0 aliphatic carbocycles. The van der Waals surface area contributed by atoms with Crippen LogP contribution in [0.3, 0.4) is 0 Å².